The maximum absolute atomic E-state index is 12.8. The van der Waals surface area contributed by atoms with Crippen LogP contribution in [0.25, 0.3) is 0 Å². The number of rotatable bonds is 5. The lowest BCUT2D eigenvalue weighted by Gasteiger charge is -2.29. The fraction of sp³-hybridized carbons (Fsp3) is 0.650. The lowest BCUT2D eigenvalue weighted by atomic mass is 9.99. The van der Waals surface area contributed by atoms with Crippen LogP contribution in [0.2, 0.25) is 0 Å². The summed E-state index contributed by atoms with van der Waals surface area (Å²) < 4.78 is 27.1. The Bertz CT molecular complexity index is 732. The second kappa shape index (κ2) is 8.71. The molecule has 3 rings (SSSR count). The predicted octanol–water partition coefficient (Wildman–Crippen LogP) is 1.36. The van der Waals surface area contributed by atoms with Crippen molar-refractivity contribution in [1.29, 1.82) is 0 Å². The van der Waals surface area contributed by atoms with Gasteiger partial charge in [-0.1, -0.05) is 13.8 Å². The van der Waals surface area contributed by atoms with Gasteiger partial charge >= 0.3 is 0 Å². The van der Waals surface area contributed by atoms with Crippen molar-refractivity contribution in [3.05, 3.63) is 24.3 Å². The van der Waals surface area contributed by atoms with Crippen molar-refractivity contribution < 1.29 is 18.1 Å². The number of sulfonamides is 1. The molecule has 1 amide bonds. The van der Waals surface area contributed by atoms with Crippen LogP contribution in [0.1, 0.15) is 39.5 Å². The zero-order valence-corrected chi connectivity index (χ0v) is 17.2. The average molecular weight is 395 g/mol. The molecule has 0 bridgehead atoms. The van der Waals surface area contributed by atoms with Gasteiger partial charge in [-0.05, 0) is 61.8 Å². The summed E-state index contributed by atoms with van der Waals surface area (Å²) in [7, 11) is -3.44. The fourth-order valence-corrected chi connectivity index (χ4v) is 5.33. The number of quaternary nitrogens is 1. The Labute approximate surface area is 163 Å². The van der Waals surface area contributed by atoms with E-state index in [1.807, 2.05) is 0 Å². The van der Waals surface area contributed by atoms with Crippen LogP contribution in [0.4, 0.5) is 5.69 Å². The van der Waals surface area contributed by atoms with E-state index in [1.54, 1.807) is 28.6 Å². The number of carbonyl (C=O) groups excluding carboxylic acids is 1. The number of nitrogens with zero attached hydrogens (tertiary/aromatic N) is 1. The van der Waals surface area contributed by atoms with Crippen LogP contribution in [-0.4, -0.2) is 51.4 Å². The summed E-state index contributed by atoms with van der Waals surface area (Å²) in [5.74, 6) is 1.33. The van der Waals surface area contributed by atoms with Crippen molar-refractivity contribution in [3.63, 3.8) is 0 Å². The van der Waals surface area contributed by atoms with Crippen LogP contribution in [0.3, 0.4) is 0 Å². The number of amides is 1. The smallest absolute Gasteiger partial charge is 0.279 e. The van der Waals surface area contributed by atoms with Crippen LogP contribution in [0.5, 0.6) is 0 Å². The fourth-order valence-electron chi connectivity index (χ4n) is 3.86. The highest BCUT2D eigenvalue weighted by Crippen LogP contribution is 2.24. The van der Waals surface area contributed by atoms with E-state index < -0.39 is 10.0 Å². The number of hydrogen-bond donors (Lipinski definition) is 2. The van der Waals surface area contributed by atoms with E-state index in [1.165, 1.54) is 17.7 Å². The number of carbonyl (C=O) groups is 1. The number of anilines is 1. The first-order valence-electron chi connectivity index (χ1n) is 10.1. The van der Waals surface area contributed by atoms with Crippen molar-refractivity contribution in [2.45, 2.75) is 44.4 Å². The van der Waals surface area contributed by atoms with Gasteiger partial charge in [0.1, 0.15) is 0 Å². The second-order valence-electron chi connectivity index (χ2n) is 8.27. The number of hydrogen-bond acceptors (Lipinski definition) is 3. The molecule has 7 heteroatoms. The standard InChI is InChI=1S/C20H31N3O3S/c1-16-7-11-22(12-8-16)15-20(24)21-18-3-5-19(6-4-18)27(25,26)23-13-9-17(2)10-14-23/h3-6,16-17H,7-15H2,1-2H3,(H,21,24)/p+1. The Morgan fingerprint density at radius 1 is 1.04 bits per heavy atom. The molecular formula is C20H32N3O3S+. The molecule has 0 saturated carbocycles. The molecule has 150 valence electrons. The maximum atomic E-state index is 12.8. The van der Waals surface area contributed by atoms with Gasteiger partial charge < -0.3 is 10.2 Å². The van der Waals surface area contributed by atoms with E-state index in [9.17, 15) is 13.2 Å². The molecule has 2 heterocycles. The number of nitrogens with one attached hydrogen (secondary N) is 2. The summed E-state index contributed by atoms with van der Waals surface area (Å²) >= 11 is 0. The van der Waals surface area contributed by atoms with E-state index >= 15 is 0 Å². The Morgan fingerprint density at radius 2 is 1.59 bits per heavy atom. The normalized spacial score (nSPS) is 25.3. The van der Waals surface area contributed by atoms with Crippen LogP contribution in [0, 0.1) is 11.8 Å². The number of likely N-dealkylation sites (tertiary alicyclic amines) is 1. The van der Waals surface area contributed by atoms with Gasteiger partial charge in [-0.15, -0.1) is 0 Å². The SMILES string of the molecule is CC1CCN(S(=O)(=O)c2ccc(NC(=O)C[NH+]3CCC(C)CC3)cc2)CC1. The van der Waals surface area contributed by atoms with Gasteiger partial charge in [0.25, 0.3) is 5.91 Å². The van der Waals surface area contributed by atoms with Crippen LogP contribution in [0.15, 0.2) is 29.2 Å². The Morgan fingerprint density at radius 3 is 2.19 bits per heavy atom. The van der Waals surface area contributed by atoms with Gasteiger partial charge in [-0.3, -0.25) is 4.79 Å². The van der Waals surface area contributed by atoms with Gasteiger partial charge in [0.15, 0.2) is 6.54 Å². The predicted molar refractivity (Wildman–Crippen MR) is 106 cm³/mol. The van der Waals surface area contributed by atoms with Crippen LogP contribution in [-0.2, 0) is 14.8 Å². The quantitative estimate of drug-likeness (QED) is 0.792. The van der Waals surface area contributed by atoms with Crippen molar-refractivity contribution in [3.8, 4) is 0 Å². The van der Waals surface area contributed by atoms with Crippen molar-refractivity contribution >= 4 is 21.6 Å². The Balaban J connectivity index is 1.56. The topological polar surface area (TPSA) is 70.9 Å². The summed E-state index contributed by atoms with van der Waals surface area (Å²) in [4.78, 5) is 13.9. The molecule has 0 aromatic heterocycles. The second-order valence-corrected chi connectivity index (χ2v) is 10.2. The van der Waals surface area contributed by atoms with Gasteiger partial charge in [-0.25, -0.2) is 8.42 Å². The van der Waals surface area contributed by atoms with E-state index in [0.29, 0.717) is 36.1 Å². The lowest BCUT2D eigenvalue weighted by Crippen LogP contribution is -3.14. The minimum absolute atomic E-state index is 0.0137. The van der Waals surface area contributed by atoms with E-state index in [4.69, 9.17) is 0 Å². The lowest BCUT2D eigenvalue weighted by molar-refractivity contribution is -0.897. The van der Waals surface area contributed by atoms with Gasteiger partial charge in [0, 0.05) is 18.8 Å². The molecule has 2 saturated heterocycles. The first-order valence-corrected chi connectivity index (χ1v) is 11.5. The average Bonchev–Trinajstić information content (AvgIpc) is 2.64. The van der Waals surface area contributed by atoms with Gasteiger partial charge in [-0.2, -0.15) is 4.31 Å². The molecule has 0 radical (unpaired) electrons. The van der Waals surface area contributed by atoms with Crippen molar-refractivity contribution in [2.24, 2.45) is 11.8 Å². The number of piperidine rings is 2. The minimum Gasteiger partial charge on any atom is -0.327 e. The van der Waals surface area contributed by atoms with Crippen molar-refractivity contribution in [1.82, 2.24) is 4.31 Å². The molecule has 27 heavy (non-hydrogen) atoms. The largest absolute Gasteiger partial charge is 0.327 e. The minimum atomic E-state index is -3.44. The molecule has 0 atom stereocenters. The highest BCUT2D eigenvalue weighted by Gasteiger charge is 2.28. The molecular weight excluding hydrogens is 362 g/mol. The molecule has 0 aliphatic carbocycles. The highest BCUT2D eigenvalue weighted by atomic mass is 32.2. The van der Waals surface area contributed by atoms with Gasteiger partial charge in [0.2, 0.25) is 10.0 Å². The first kappa shape index (κ1) is 20.3. The zero-order chi connectivity index (χ0) is 19.4. The van der Waals surface area contributed by atoms with E-state index in [0.717, 1.165) is 31.8 Å². The molecule has 2 N–H and O–H groups in total. The maximum Gasteiger partial charge on any atom is 0.279 e. The molecule has 1 aromatic rings. The van der Waals surface area contributed by atoms with Crippen molar-refractivity contribution in [2.75, 3.05) is 38.0 Å². The Hall–Kier alpha value is -1.44. The summed E-state index contributed by atoms with van der Waals surface area (Å²) in [6.45, 7) is 8.14. The summed E-state index contributed by atoms with van der Waals surface area (Å²) in [5.41, 5.74) is 0.649. The molecule has 2 aliphatic heterocycles. The monoisotopic (exact) mass is 394 g/mol. The van der Waals surface area contributed by atoms with E-state index in [-0.39, 0.29) is 5.91 Å². The summed E-state index contributed by atoms with van der Waals surface area (Å²) in [6.07, 6.45) is 4.16. The Kier molecular flexibility index (Phi) is 6.55. The van der Waals surface area contributed by atoms with Crippen LogP contribution < -0.4 is 10.2 Å². The third-order valence-corrected chi connectivity index (χ3v) is 7.82. The molecule has 1 aromatic carbocycles. The zero-order valence-electron chi connectivity index (χ0n) is 16.4. The molecule has 0 spiro atoms. The highest BCUT2D eigenvalue weighted by molar-refractivity contribution is 7.89. The van der Waals surface area contributed by atoms with Gasteiger partial charge in [0.05, 0.1) is 18.0 Å². The molecule has 2 fully saturated rings. The molecule has 2 aliphatic rings. The van der Waals surface area contributed by atoms with Crippen LogP contribution >= 0.6 is 0 Å². The summed E-state index contributed by atoms with van der Waals surface area (Å²) in [5, 5.41) is 2.90. The first-order chi connectivity index (χ1) is 12.8. The molecule has 6 nitrogen and oxygen atoms in total. The number of benzene rings is 1. The third-order valence-electron chi connectivity index (χ3n) is 5.91. The molecule has 0 unspecified atom stereocenters. The summed E-state index contributed by atoms with van der Waals surface area (Å²) in [6, 6.07) is 6.56. The third kappa shape index (κ3) is 5.30. The van der Waals surface area contributed by atoms with E-state index in [2.05, 4.69) is 19.2 Å².